The number of alkyl halides is 3. The number of rotatable bonds is 3. The lowest BCUT2D eigenvalue weighted by molar-refractivity contribution is -0.221. The molecule has 7 heteroatoms. The molecule has 1 aliphatic heterocycles. The smallest absolute Gasteiger partial charge is 0.341 e. The summed E-state index contributed by atoms with van der Waals surface area (Å²) in [7, 11) is 1.41. The fourth-order valence-corrected chi connectivity index (χ4v) is 2.80. The van der Waals surface area contributed by atoms with Crippen LogP contribution in [-0.4, -0.2) is 37.1 Å². The van der Waals surface area contributed by atoms with E-state index >= 15 is 0 Å². The van der Waals surface area contributed by atoms with Gasteiger partial charge in [0, 0.05) is 24.6 Å². The van der Waals surface area contributed by atoms with E-state index in [1.165, 1.54) is 7.05 Å². The number of carbonyl (C=O) groups is 1. The summed E-state index contributed by atoms with van der Waals surface area (Å²) in [5.74, 6) is -0.872. The molecule has 3 nitrogen and oxygen atoms in total. The zero-order valence-corrected chi connectivity index (χ0v) is 13.1. The van der Waals surface area contributed by atoms with Crippen LogP contribution < -0.4 is 5.32 Å². The average Bonchev–Trinajstić information content (AvgIpc) is 2.90. The molecule has 0 aliphatic carbocycles. The first-order valence-corrected chi connectivity index (χ1v) is 7.33. The van der Waals surface area contributed by atoms with E-state index in [2.05, 4.69) is 21.2 Å². The van der Waals surface area contributed by atoms with Crippen molar-refractivity contribution in [3.05, 3.63) is 34.3 Å². The van der Waals surface area contributed by atoms with E-state index in [-0.39, 0.29) is 26.1 Å². The molecule has 21 heavy (non-hydrogen) atoms. The highest BCUT2D eigenvalue weighted by atomic mass is 79.9. The second kappa shape index (κ2) is 5.96. The van der Waals surface area contributed by atoms with Gasteiger partial charge in [-0.1, -0.05) is 28.1 Å². The van der Waals surface area contributed by atoms with Crippen molar-refractivity contribution < 1.29 is 18.0 Å². The standard InChI is InChI=1S/C14H16BrF3N2O/c1-20(8-10-2-4-11(15)5-3-10)12(21)13(14(16,17)18)6-7-19-9-13/h2-5,19H,6-9H2,1H3. The molecule has 1 saturated heterocycles. The molecule has 1 unspecified atom stereocenters. The number of benzene rings is 1. The van der Waals surface area contributed by atoms with E-state index in [0.717, 1.165) is 14.9 Å². The van der Waals surface area contributed by atoms with E-state index in [9.17, 15) is 18.0 Å². The molecule has 1 N–H and O–H groups in total. The lowest BCUT2D eigenvalue weighted by Crippen LogP contribution is -2.52. The molecule has 0 spiro atoms. The number of hydrogen-bond donors (Lipinski definition) is 1. The first kappa shape index (κ1) is 16.3. The van der Waals surface area contributed by atoms with Crippen LogP contribution in [0.25, 0.3) is 0 Å². The molecule has 1 aliphatic rings. The Labute approximate surface area is 129 Å². The zero-order valence-electron chi connectivity index (χ0n) is 11.5. The number of carbonyl (C=O) groups excluding carboxylic acids is 1. The monoisotopic (exact) mass is 364 g/mol. The van der Waals surface area contributed by atoms with Crippen molar-refractivity contribution in [2.24, 2.45) is 5.41 Å². The van der Waals surface area contributed by atoms with Crippen LogP contribution in [-0.2, 0) is 11.3 Å². The normalized spacial score (nSPS) is 22.3. The van der Waals surface area contributed by atoms with E-state index in [1.807, 2.05) is 0 Å². The van der Waals surface area contributed by atoms with Gasteiger partial charge in [-0.25, -0.2) is 0 Å². The number of nitrogens with one attached hydrogen (secondary N) is 1. The Morgan fingerprint density at radius 1 is 1.38 bits per heavy atom. The van der Waals surface area contributed by atoms with Gasteiger partial charge < -0.3 is 10.2 Å². The van der Waals surface area contributed by atoms with Gasteiger partial charge >= 0.3 is 6.18 Å². The summed E-state index contributed by atoms with van der Waals surface area (Å²) in [6.45, 7) is 0.0152. The topological polar surface area (TPSA) is 32.3 Å². The predicted molar refractivity (Wildman–Crippen MR) is 76.6 cm³/mol. The Morgan fingerprint density at radius 3 is 2.48 bits per heavy atom. The molecular weight excluding hydrogens is 349 g/mol. The van der Waals surface area contributed by atoms with Crippen LogP contribution in [0.5, 0.6) is 0 Å². The molecule has 0 saturated carbocycles. The number of hydrogen-bond acceptors (Lipinski definition) is 2. The van der Waals surface area contributed by atoms with Gasteiger partial charge in [0.15, 0.2) is 5.41 Å². The van der Waals surface area contributed by atoms with Gasteiger partial charge in [-0.05, 0) is 30.7 Å². The fraction of sp³-hybridized carbons (Fsp3) is 0.500. The third kappa shape index (κ3) is 3.23. The molecule has 0 bridgehead atoms. The molecule has 2 rings (SSSR count). The second-order valence-electron chi connectivity index (χ2n) is 5.29. The van der Waals surface area contributed by atoms with Gasteiger partial charge in [0.25, 0.3) is 0 Å². The Hall–Kier alpha value is -1.08. The number of nitrogens with zero attached hydrogens (tertiary/aromatic N) is 1. The maximum atomic E-state index is 13.3. The second-order valence-corrected chi connectivity index (χ2v) is 6.21. The molecule has 1 heterocycles. The Morgan fingerprint density at radius 2 is 2.00 bits per heavy atom. The molecular formula is C14H16BrF3N2O. The minimum absolute atomic E-state index is 0.157. The molecule has 116 valence electrons. The van der Waals surface area contributed by atoms with E-state index in [1.54, 1.807) is 24.3 Å². The number of halogens is 4. The summed E-state index contributed by atoms with van der Waals surface area (Å²) in [5, 5.41) is 2.65. The van der Waals surface area contributed by atoms with Gasteiger partial charge in [0.1, 0.15) is 0 Å². The van der Waals surface area contributed by atoms with Gasteiger partial charge in [-0.2, -0.15) is 13.2 Å². The highest BCUT2D eigenvalue weighted by molar-refractivity contribution is 9.10. The quantitative estimate of drug-likeness (QED) is 0.894. The van der Waals surface area contributed by atoms with Gasteiger partial charge in [0.05, 0.1) is 0 Å². The van der Waals surface area contributed by atoms with Crippen molar-refractivity contribution in [1.82, 2.24) is 10.2 Å². The third-order valence-corrected chi connectivity index (χ3v) is 4.32. The molecule has 1 fully saturated rings. The van der Waals surface area contributed by atoms with Crippen molar-refractivity contribution in [2.75, 3.05) is 20.1 Å². The molecule has 0 aromatic heterocycles. The van der Waals surface area contributed by atoms with E-state index in [0.29, 0.717) is 0 Å². The van der Waals surface area contributed by atoms with Gasteiger partial charge in [0.2, 0.25) is 5.91 Å². The molecule has 0 radical (unpaired) electrons. The van der Waals surface area contributed by atoms with Crippen LogP contribution in [0.1, 0.15) is 12.0 Å². The van der Waals surface area contributed by atoms with Crippen molar-refractivity contribution in [3.63, 3.8) is 0 Å². The van der Waals surface area contributed by atoms with Crippen molar-refractivity contribution >= 4 is 21.8 Å². The lowest BCUT2D eigenvalue weighted by atomic mass is 9.84. The average molecular weight is 365 g/mol. The molecule has 1 aromatic carbocycles. The Bertz CT molecular complexity index is 510. The van der Waals surface area contributed by atoms with Gasteiger partial charge in [-0.15, -0.1) is 0 Å². The maximum absolute atomic E-state index is 13.3. The number of amides is 1. The SMILES string of the molecule is CN(Cc1ccc(Br)cc1)C(=O)C1(C(F)(F)F)CCNC1. The largest absolute Gasteiger partial charge is 0.404 e. The summed E-state index contributed by atoms with van der Waals surface area (Å²) < 4.78 is 40.9. The summed E-state index contributed by atoms with van der Waals surface area (Å²) >= 11 is 3.29. The van der Waals surface area contributed by atoms with E-state index < -0.39 is 17.5 Å². The molecule has 1 aromatic rings. The predicted octanol–water partition coefficient (Wildman–Crippen LogP) is 2.95. The summed E-state index contributed by atoms with van der Waals surface area (Å²) in [4.78, 5) is 13.5. The van der Waals surface area contributed by atoms with E-state index in [4.69, 9.17) is 0 Å². The summed E-state index contributed by atoms with van der Waals surface area (Å²) in [6, 6.07) is 7.15. The summed E-state index contributed by atoms with van der Waals surface area (Å²) in [6.07, 6.45) is -4.75. The van der Waals surface area contributed by atoms with Crippen LogP contribution in [0.4, 0.5) is 13.2 Å². The van der Waals surface area contributed by atoms with Crippen molar-refractivity contribution in [3.8, 4) is 0 Å². The minimum Gasteiger partial charge on any atom is -0.341 e. The first-order chi connectivity index (χ1) is 9.76. The van der Waals surface area contributed by atoms with Crippen LogP contribution in [0.15, 0.2) is 28.7 Å². The van der Waals surface area contributed by atoms with Gasteiger partial charge in [-0.3, -0.25) is 4.79 Å². The molecule has 1 atom stereocenters. The fourth-order valence-electron chi connectivity index (χ4n) is 2.54. The van der Waals surface area contributed by atoms with Crippen LogP contribution in [0.2, 0.25) is 0 Å². The highest BCUT2D eigenvalue weighted by Crippen LogP contribution is 2.44. The maximum Gasteiger partial charge on any atom is 0.404 e. The Balaban J connectivity index is 2.15. The van der Waals surface area contributed by atoms with Crippen LogP contribution >= 0.6 is 15.9 Å². The van der Waals surface area contributed by atoms with Crippen LogP contribution in [0.3, 0.4) is 0 Å². The summed E-state index contributed by atoms with van der Waals surface area (Å²) in [5.41, 5.74) is -1.51. The zero-order chi connectivity index (χ0) is 15.7. The minimum atomic E-state index is -4.54. The third-order valence-electron chi connectivity index (χ3n) is 3.79. The van der Waals surface area contributed by atoms with Crippen molar-refractivity contribution in [1.29, 1.82) is 0 Å². The van der Waals surface area contributed by atoms with Crippen LogP contribution in [0, 0.1) is 5.41 Å². The molecule has 1 amide bonds. The Kier molecular flexibility index (Phi) is 4.63. The van der Waals surface area contributed by atoms with Crippen molar-refractivity contribution in [2.45, 2.75) is 19.1 Å². The highest BCUT2D eigenvalue weighted by Gasteiger charge is 2.62. The lowest BCUT2D eigenvalue weighted by Gasteiger charge is -2.33. The first-order valence-electron chi connectivity index (χ1n) is 6.54.